The molecule has 0 aliphatic heterocycles. The van der Waals surface area contributed by atoms with Gasteiger partial charge in [0, 0.05) is 41.5 Å². The molecule has 126 valence electrons. The minimum absolute atomic E-state index is 0.419. The predicted octanol–water partition coefficient (Wildman–Crippen LogP) is 3.26. The van der Waals surface area contributed by atoms with Gasteiger partial charge in [-0.15, -0.1) is 0 Å². The summed E-state index contributed by atoms with van der Waals surface area (Å²) >= 11 is 5.94. The van der Waals surface area contributed by atoms with Crippen LogP contribution in [0.15, 0.2) is 53.9 Å². The van der Waals surface area contributed by atoms with Gasteiger partial charge in [-0.2, -0.15) is 0 Å². The van der Waals surface area contributed by atoms with Crippen molar-refractivity contribution < 1.29 is 4.74 Å². The fraction of sp³-hybridized carbons (Fsp3) is 0.111. The lowest BCUT2D eigenvalue weighted by Crippen LogP contribution is -1.96. The first-order chi connectivity index (χ1) is 12.2. The lowest BCUT2D eigenvalue weighted by Gasteiger charge is -2.05. The van der Waals surface area contributed by atoms with Crippen molar-refractivity contribution in [3.05, 3.63) is 65.2 Å². The molecule has 3 aromatic heterocycles. The smallest absolute Gasteiger partial charge is 0.218 e. The van der Waals surface area contributed by atoms with Crippen LogP contribution in [0.4, 0.5) is 0 Å². The first kappa shape index (κ1) is 16.9. The summed E-state index contributed by atoms with van der Waals surface area (Å²) in [6, 6.07) is 9.17. The van der Waals surface area contributed by atoms with Crippen LogP contribution in [0.5, 0.6) is 5.88 Å². The summed E-state index contributed by atoms with van der Waals surface area (Å²) in [5.74, 6) is 0.559. The van der Waals surface area contributed by atoms with E-state index in [0.717, 1.165) is 22.2 Å². The van der Waals surface area contributed by atoms with Gasteiger partial charge >= 0.3 is 0 Å². The molecule has 0 amide bonds. The van der Waals surface area contributed by atoms with Crippen molar-refractivity contribution in [2.45, 2.75) is 6.54 Å². The van der Waals surface area contributed by atoms with Crippen molar-refractivity contribution >= 4 is 34.4 Å². The van der Waals surface area contributed by atoms with Gasteiger partial charge < -0.3 is 10.5 Å². The third-order valence-electron chi connectivity index (χ3n) is 3.55. The van der Waals surface area contributed by atoms with E-state index >= 15 is 0 Å². The molecule has 0 spiro atoms. The highest BCUT2D eigenvalue weighted by atomic mass is 35.5. The standard InChI is InChI=1S/C18H16ClN5O/c1-25-18-12(3-2-6-22-18)9-21-10-14(8-20)13-7-16-15(23-11-13)4-5-17(19)24-16/h2-8,10-11H,9,20H2,1H3. The highest BCUT2D eigenvalue weighted by molar-refractivity contribution is 6.29. The number of hydrogen-bond donors (Lipinski definition) is 1. The molecule has 0 saturated heterocycles. The fourth-order valence-corrected chi connectivity index (χ4v) is 2.48. The number of pyridine rings is 3. The topological polar surface area (TPSA) is 86.3 Å². The van der Waals surface area contributed by atoms with E-state index in [9.17, 15) is 0 Å². The van der Waals surface area contributed by atoms with Crippen molar-refractivity contribution in [1.82, 2.24) is 15.0 Å². The number of aliphatic imine (C=N–C) groups is 1. The molecule has 0 aromatic carbocycles. The summed E-state index contributed by atoms with van der Waals surface area (Å²) in [6.45, 7) is 0.430. The summed E-state index contributed by atoms with van der Waals surface area (Å²) < 4.78 is 5.22. The molecule has 2 N–H and O–H groups in total. The predicted molar refractivity (Wildman–Crippen MR) is 99.7 cm³/mol. The van der Waals surface area contributed by atoms with Crippen LogP contribution in [-0.4, -0.2) is 28.3 Å². The highest BCUT2D eigenvalue weighted by Crippen LogP contribution is 2.19. The Morgan fingerprint density at radius 2 is 2.16 bits per heavy atom. The second kappa shape index (κ2) is 7.72. The number of rotatable bonds is 5. The van der Waals surface area contributed by atoms with Crippen LogP contribution in [0.1, 0.15) is 11.1 Å². The Morgan fingerprint density at radius 3 is 2.96 bits per heavy atom. The van der Waals surface area contributed by atoms with E-state index in [2.05, 4.69) is 19.9 Å². The first-order valence-corrected chi connectivity index (χ1v) is 7.91. The Kier molecular flexibility index (Phi) is 5.20. The number of halogens is 1. The largest absolute Gasteiger partial charge is 0.481 e. The van der Waals surface area contributed by atoms with Gasteiger partial charge in [0.1, 0.15) is 5.15 Å². The van der Waals surface area contributed by atoms with Crippen LogP contribution in [0.3, 0.4) is 0 Å². The Balaban J connectivity index is 1.83. The maximum absolute atomic E-state index is 5.94. The van der Waals surface area contributed by atoms with Gasteiger partial charge in [0.15, 0.2) is 0 Å². The Labute approximate surface area is 150 Å². The molecule has 0 aliphatic carbocycles. The van der Waals surface area contributed by atoms with Gasteiger partial charge in [-0.25, -0.2) is 9.97 Å². The number of aromatic nitrogens is 3. The third-order valence-corrected chi connectivity index (χ3v) is 3.76. The van der Waals surface area contributed by atoms with Crippen molar-refractivity contribution in [2.24, 2.45) is 10.7 Å². The molecule has 0 bridgehead atoms. The zero-order chi connectivity index (χ0) is 17.6. The summed E-state index contributed by atoms with van der Waals surface area (Å²) in [5, 5.41) is 0.419. The van der Waals surface area contributed by atoms with Gasteiger partial charge in [0.05, 0.1) is 24.7 Å². The number of fused-ring (bicyclic) bond motifs is 1. The van der Waals surface area contributed by atoms with Crippen LogP contribution in [0, 0.1) is 0 Å². The lowest BCUT2D eigenvalue weighted by atomic mass is 10.1. The SMILES string of the molecule is COc1ncccc1CN=CC(=CN)c1cnc2ccc(Cl)nc2c1. The maximum atomic E-state index is 5.94. The normalized spacial score (nSPS) is 12.0. The summed E-state index contributed by atoms with van der Waals surface area (Å²) in [6.07, 6.45) is 6.58. The third kappa shape index (κ3) is 3.92. The van der Waals surface area contributed by atoms with Crippen LogP contribution in [0.2, 0.25) is 5.15 Å². The minimum atomic E-state index is 0.419. The van der Waals surface area contributed by atoms with Gasteiger partial charge in [0.25, 0.3) is 0 Å². The molecule has 0 unspecified atom stereocenters. The fourth-order valence-electron chi connectivity index (χ4n) is 2.32. The molecular weight excluding hydrogens is 338 g/mol. The van der Waals surface area contributed by atoms with Crippen LogP contribution in [-0.2, 0) is 6.54 Å². The van der Waals surface area contributed by atoms with Gasteiger partial charge in [-0.1, -0.05) is 17.7 Å². The average Bonchev–Trinajstić information content (AvgIpc) is 2.65. The first-order valence-electron chi connectivity index (χ1n) is 7.53. The number of nitrogens with zero attached hydrogens (tertiary/aromatic N) is 4. The molecule has 0 saturated carbocycles. The average molecular weight is 354 g/mol. The molecule has 0 aliphatic rings. The quantitative estimate of drug-likeness (QED) is 0.562. The zero-order valence-electron chi connectivity index (χ0n) is 13.6. The van der Waals surface area contributed by atoms with Gasteiger partial charge in [-0.3, -0.25) is 9.98 Å². The highest BCUT2D eigenvalue weighted by Gasteiger charge is 2.05. The monoisotopic (exact) mass is 353 g/mol. The summed E-state index contributed by atoms with van der Waals surface area (Å²) in [5.41, 5.74) is 9.65. The molecule has 3 heterocycles. The number of allylic oxidation sites excluding steroid dienone is 1. The molecule has 25 heavy (non-hydrogen) atoms. The summed E-state index contributed by atoms with van der Waals surface area (Å²) in [7, 11) is 1.58. The molecular formula is C18H16ClN5O. The number of hydrogen-bond acceptors (Lipinski definition) is 6. The van der Waals surface area contributed by atoms with E-state index in [1.807, 2.05) is 24.3 Å². The second-order valence-corrected chi connectivity index (χ2v) is 5.55. The molecule has 0 fully saturated rings. The molecule has 6 nitrogen and oxygen atoms in total. The van der Waals surface area contributed by atoms with E-state index in [-0.39, 0.29) is 0 Å². The van der Waals surface area contributed by atoms with Crippen LogP contribution < -0.4 is 10.5 Å². The van der Waals surface area contributed by atoms with Gasteiger partial charge in [0.2, 0.25) is 5.88 Å². The molecule has 0 radical (unpaired) electrons. The van der Waals surface area contributed by atoms with E-state index in [1.54, 1.807) is 31.8 Å². The molecule has 3 rings (SSSR count). The van der Waals surface area contributed by atoms with Crippen molar-refractivity contribution in [3.63, 3.8) is 0 Å². The second-order valence-electron chi connectivity index (χ2n) is 5.16. The van der Waals surface area contributed by atoms with Crippen LogP contribution in [0.25, 0.3) is 16.6 Å². The molecule has 3 aromatic rings. The Hall–Kier alpha value is -2.99. The van der Waals surface area contributed by atoms with E-state index in [0.29, 0.717) is 23.1 Å². The van der Waals surface area contributed by atoms with Crippen molar-refractivity contribution in [2.75, 3.05) is 7.11 Å². The zero-order valence-corrected chi connectivity index (χ0v) is 14.3. The molecule has 0 atom stereocenters. The summed E-state index contributed by atoms with van der Waals surface area (Å²) in [4.78, 5) is 17.2. The van der Waals surface area contributed by atoms with E-state index in [4.69, 9.17) is 22.1 Å². The Morgan fingerprint density at radius 1 is 1.28 bits per heavy atom. The number of ether oxygens (including phenoxy) is 1. The maximum Gasteiger partial charge on any atom is 0.218 e. The lowest BCUT2D eigenvalue weighted by molar-refractivity contribution is 0.392. The van der Waals surface area contributed by atoms with Gasteiger partial charge in [-0.05, 0) is 24.3 Å². The van der Waals surface area contributed by atoms with Crippen molar-refractivity contribution in [3.8, 4) is 5.88 Å². The number of nitrogens with two attached hydrogens (primary N) is 1. The minimum Gasteiger partial charge on any atom is -0.481 e. The van der Waals surface area contributed by atoms with E-state index in [1.165, 1.54) is 6.20 Å². The Bertz CT molecular complexity index is 955. The van der Waals surface area contributed by atoms with Crippen LogP contribution >= 0.6 is 11.6 Å². The van der Waals surface area contributed by atoms with Crippen molar-refractivity contribution in [1.29, 1.82) is 0 Å². The number of methoxy groups -OCH3 is 1. The molecule has 7 heteroatoms. The van der Waals surface area contributed by atoms with E-state index < -0.39 is 0 Å².